The molecule has 0 fully saturated rings. The van der Waals surface area contributed by atoms with Crippen molar-refractivity contribution in [1.82, 2.24) is 0 Å². The summed E-state index contributed by atoms with van der Waals surface area (Å²) in [7, 11) is 1.56. The van der Waals surface area contributed by atoms with Crippen molar-refractivity contribution in [3.63, 3.8) is 0 Å². The lowest BCUT2D eigenvalue weighted by molar-refractivity contribution is 0.0473. The summed E-state index contributed by atoms with van der Waals surface area (Å²) < 4.78 is 21.4. The van der Waals surface area contributed by atoms with Crippen LogP contribution in [0.3, 0.4) is 0 Å². The highest BCUT2D eigenvalue weighted by Crippen LogP contribution is 2.26. The number of hydrogen-bond acceptors (Lipinski definition) is 6. The molecule has 1 heterocycles. The van der Waals surface area contributed by atoms with Crippen LogP contribution < -0.4 is 10.4 Å². The van der Waals surface area contributed by atoms with Crippen molar-refractivity contribution in [2.75, 3.05) is 13.7 Å². The second-order valence-corrected chi connectivity index (χ2v) is 6.84. The Morgan fingerprint density at radius 3 is 2.62 bits per heavy atom. The number of halogens is 1. The summed E-state index contributed by atoms with van der Waals surface area (Å²) in [5.74, 6) is 0.108. The fraction of sp³-hybridized carbons (Fsp3) is 0.273. The molecule has 0 aliphatic carbocycles. The molecule has 0 unspecified atom stereocenters. The van der Waals surface area contributed by atoms with Crippen LogP contribution in [0.25, 0.3) is 11.0 Å². The monoisotopic (exact) mass is 416 g/mol. The van der Waals surface area contributed by atoms with Crippen LogP contribution in [0.15, 0.2) is 45.6 Å². The van der Waals surface area contributed by atoms with Gasteiger partial charge in [0.05, 0.1) is 19.3 Å². The largest absolute Gasteiger partial charge is 0.496 e. The quantitative estimate of drug-likeness (QED) is 0.412. The van der Waals surface area contributed by atoms with Crippen molar-refractivity contribution < 1.29 is 23.4 Å². The number of ether oxygens (including phenoxy) is 3. The standard InChI is InChI=1S/C22H21ClO6/c1-4-27-11-16-8-14(5-6-19(16)26-3)22(25)28-12-15-9-21(24)29-20-7-13(2)18(23)10-17(15)20/h5-10H,4,11-12H2,1-3H3. The summed E-state index contributed by atoms with van der Waals surface area (Å²) in [4.78, 5) is 24.4. The van der Waals surface area contributed by atoms with Crippen LogP contribution in [0, 0.1) is 6.92 Å². The van der Waals surface area contributed by atoms with Crippen molar-refractivity contribution in [2.45, 2.75) is 27.1 Å². The van der Waals surface area contributed by atoms with Crippen molar-refractivity contribution >= 4 is 28.5 Å². The first-order chi connectivity index (χ1) is 13.9. The molecule has 29 heavy (non-hydrogen) atoms. The average molecular weight is 417 g/mol. The fourth-order valence-corrected chi connectivity index (χ4v) is 3.09. The number of hydrogen-bond donors (Lipinski definition) is 0. The van der Waals surface area contributed by atoms with E-state index >= 15 is 0 Å². The van der Waals surface area contributed by atoms with Crippen LogP contribution in [0.1, 0.15) is 34.0 Å². The first-order valence-electron chi connectivity index (χ1n) is 9.07. The smallest absolute Gasteiger partial charge is 0.338 e. The lowest BCUT2D eigenvalue weighted by Gasteiger charge is -2.11. The van der Waals surface area contributed by atoms with Gasteiger partial charge in [0, 0.05) is 34.2 Å². The molecule has 2 aromatic carbocycles. The number of carbonyl (C=O) groups excluding carboxylic acids is 1. The molecule has 0 aliphatic rings. The Balaban J connectivity index is 1.84. The van der Waals surface area contributed by atoms with E-state index in [-0.39, 0.29) is 6.61 Å². The maximum Gasteiger partial charge on any atom is 0.338 e. The second-order valence-electron chi connectivity index (χ2n) is 6.43. The fourth-order valence-electron chi connectivity index (χ4n) is 2.92. The lowest BCUT2D eigenvalue weighted by atomic mass is 10.1. The van der Waals surface area contributed by atoms with Gasteiger partial charge >= 0.3 is 11.6 Å². The lowest BCUT2D eigenvalue weighted by Crippen LogP contribution is -2.09. The van der Waals surface area contributed by atoms with E-state index in [1.165, 1.54) is 6.07 Å². The summed E-state index contributed by atoms with van der Waals surface area (Å²) in [6, 6.07) is 9.68. The van der Waals surface area contributed by atoms with Crippen molar-refractivity contribution in [2.24, 2.45) is 0 Å². The highest BCUT2D eigenvalue weighted by molar-refractivity contribution is 6.32. The third-order valence-electron chi connectivity index (χ3n) is 4.45. The summed E-state index contributed by atoms with van der Waals surface area (Å²) >= 11 is 6.19. The van der Waals surface area contributed by atoms with Gasteiger partial charge in [-0.25, -0.2) is 9.59 Å². The van der Waals surface area contributed by atoms with Crippen molar-refractivity contribution in [1.29, 1.82) is 0 Å². The molecule has 0 atom stereocenters. The van der Waals surface area contributed by atoms with E-state index < -0.39 is 11.6 Å². The van der Waals surface area contributed by atoms with Gasteiger partial charge in [-0.05, 0) is 49.7 Å². The number of methoxy groups -OCH3 is 1. The first kappa shape index (κ1) is 20.9. The zero-order chi connectivity index (χ0) is 21.0. The second kappa shape index (κ2) is 9.11. The van der Waals surface area contributed by atoms with Crippen LogP contribution in [0.5, 0.6) is 5.75 Å². The van der Waals surface area contributed by atoms with Gasteiger partial charge in [0.1, 0.15) is 17.9 Å². The summed E-state index contributed by atoms with van der Waals surface area (Å²) in [6.45, 7) is 4.48. The number of carbonyl (C=O) groups is 1. The average Bonchev–Trinajstić information content (AvgIpc) is 2.71. The molecule has 0 radical (unpaired) electrons. The molecule has 3 rings (SSSR count). The third-order valence-corrected chi connectivity index (χ3v) is 4.85. The van der Waals surface area contributed by atoms with E-state index in [2.05, 4.69) is 0 Å². The van der Waals surface area contributed by atoms with E-state index in [0.29, 0.717) is 46.1 Å². The Morgan fingerprint density at radius 2 is 1.90 bits per heavy atom. The maximum absolute atomic E-state index is 12.6. The summed E-state index contributed by atoms with van der Waals surface area (Å²) in [6.07, 6.45) is 0. The molecule has 6 nitrogen and oxygen atoms in total. The molecule has 3 aromatic rings. The highest BCUT2D eigenvalue weighted by Gasteiger charge is 2.14. The van der Waals surface area contributed by atoms with E-state index in [1.807, 2.05) is 13.8 Å². The number of benzene rings is 2. The Morgan fingerprint density at radius 1 is 1.10 bits per heavy atom. The van der Waals surface area contributed by atoms with Gasteiger partial charge in [-0.3, -0.25) is 0 Å². The van der Waals surface area contributed by atoms with Crippen molar-refractivity contribution in [3.05, 3.63) is 74.1 Å². The van der Waals surface area contributed by atoms with E-state index in [1.54, 1.807) is 37.4 Å². The van der Waals surface area contributed by atoms with E-state index in [0.717, 1.165) is 11.1 Å². The minimum Gasteiger partial charge on any atom is -0.496 e. The number of fused-ring (bicyclic) bond motifs is 1. The van der Waals surface area contributed by atoms with Gasteiger partial charge in [-0.1, -0.05) is 11.6 Å². The molecule has 0 spiro atoms. The van der Waals surface area contributed by atoms with Crippen LogP contribution in [0.4, 0.5) is 0 Å². The minimum absolute atomic E-state index is 0.0901. The van der Waals surface area contributed by atoms with E-state index in [9.17, 15) is 9.59 Å². The van der Waals surface area contributed by atoms with Gasteiger partial charge in [-0.15, -0.1) is 0 Å². The molecule has 7 heteroatoms. The molecule has 0 bridgehead atoms. The molecule has 0 aliphatic heterocycles. The molecule has 152 valence electrons. The van der Waals surface area contributed by atoms with Gasteiger partial charge in [0.25, 0.3) is 0 Å². The Bertz CT molecular complexity index is 1100. The van der Waals surface area contributed by atoms with Gasteiger partial charge < -0.3 is 18.6 Å². The molecule has 0 amide bonds. The van der Waals surface area contributed by atoms with Crippen LogP contribution in [0.2, 0.25) is 5.02 Å². The third kappa shape index (κ3) is 4.78. The molecular formula is C22H21ClO6. The molecule has 0 saturated heterocycles. The first-order valence-corrected chi connectivity index (χ1v) is 9.45. The van der Waals surface area contributed by atoms with E-state index in [4.69, 9.17) is 30.2 Å². The number of esters is 1. The van der Waals surface area contributed by atoms with Gasteiger partial charge in [-0.2, -0.15) is 0 Å². The Labute approximate surface area is 172 Å². The van der Waals surface area contributed by atoms with Crippen LogP contribution >= 0.6 is 11.6 Å². The molecule has 0 saturated carbocycles. The summed E-state index contributed by atoms with van der Waals surface area (Å²) in [5.41, 5.74) is 2.30. The SMILES string of the molecule is CCOCc1cc(C(=O)OCc2cc(=O)oc3cc(C)c(Cl)cc23)ccc1OC. The number of rotatable bonds is 7. The van der Waals surface area contributed by atoms with Gasteiger partial charge in [0.2, 0.25) is 0 Å². The van der Waals surface area contributed by atoms with Crippen LogP contribution in [-0.4, -0.2) is 19.7 Å². The van der Waals surface area contributed by atoms with Gasteiger partial charge in [0.15, 0.2) is 0 Å². The van der Waals surface area contributed by atoms with Crippen LogP contribution in [-0.2, 0) is 22.7 Å². The Kier molecular flexibility index (Phi) is 6.56. The maximum atomic E-state index is 12.6. The predicted molar refractivity (Wildman–Crippen MR) is 110 cm³/mol. The number of aryl methyl sites for hydroxylation is 1. The normalized spacial score (nSPS) is 10.9. The predicted octanol–water partition coefficient (Wildman–Crippen LogP) is 4.66. The van der Waals surface area contributed by atoms with Crippen molar-refractivity contribution in [3.8, 4) is 5.75 Å². The highest BCUT2D eigenvalue weighted by atomic mass is 35.5. The zero-order valence-electron chi connectivity index (χ0n) is 16.4. The molecule has 1 aromatic heterocycles. The Hall–Kier alpha value is -2.83. The minimum atomic E-state index is -0.523. The topological polar surface area (TPSA) is 75.0 Å². The molecular weight excluding hydrogens is 396 g/mol. The summed E-state index contributed by atoms with van der Waals surface area (Å²) in [5, 5.41) is 1.16. The molecule has 0 N–H and O–H groups in total. The zero-order valence-corrected chi connectivity index (χ0v) is 17.2.